The molecular formula is C18H19N3O5. The molecule has 0 aliphatic carbocycles. The third-order valence-electron chi connectivity index (χ3n) is 4.12. The molecule has 0 fully saturated rings. The summed E-state index contributed by atoms with van der Waals surface area (Å²) in [5, 5.41) is 9.23. The topological polar surface area (TPSA) is 95.7 Å². The number of pyridine rings is 1. The quantitative estimate of drug-likeness (QED) is 0.513. The Bertz CT molecular complexity index is 892. The zero-order valence-corrected chi connectivity index (χ0v) is 14.7. The Hall–Kier alpha value is -2.97. The van der Waals surface area contributed by atoms with Gasteiger partial charge in [0, 0.05) is 6.20 Å². The van der Waals surface area contributed by atoms with E-state index in [-0.39, 0.29) is 18.2 Å². The Morgan fingerprint density at radius 1 is 1.27 bits per heavy atom. The molecule has 1 aromatic rings. The number of imidazole rings is 1. The predicted octanol–water partition coefficient (Wildman–Crippen LogP) is 2.78. The maximum absolute atomic E-state index is 11.3. The molecule has 26 heavy (non-hydrogen) atoms. The highest BCUT2D eigenvalue weighted by molar-refractivity contribution is 5.91. The summed E-state index contributed by atoms with van der Waals surface area (Å²) in [5.41, 5.74) is 1.75. The molecule has 2 aliphatic rings. The maximum atomic E-state index is 11.3. The van der Waals surface area contributed by atoms with Crippen molar-refractivity contribution >= 4 is 5.97 Å². The van der Waals surface area contributed by atoms with E-state index >= 15 is 0 Å². The summed E-state index contributed by atoms with van der Waals surface area (Å²) in [6, 6.07) is 8.69. The van der Waals surface area contributed by atoms with Crippen LogP contribution in [0.3, 0.4) is 0 Å². The van der Waals surface area contributed by atoms with Gasteiger partial charge in [0.15, 0.2) is 11.6 Å². The van der Waals surface area contributed by atoms with Crippen LogP contribution in [0, 0.1) is 0 Å². The van der Waals surface area contributed by atoms with Crippen molar-refractivity contribution < 1.29 is 24.4 Å². The highest BCUT2D eigenvalue weighted by atomic mass is 17.2. The van der Waals surface area contributed by atoms with E-state index in [0.29, 0.717) is 17.4 Å². The van der Waals surface area contributed by atoms with Crippen molar-refractivity contribution in [3.05, 3.63) is 53.5 Å². The molecule has 0 spiro atoms. The van der Waals surface area contributed by atoms with Crippen LogP contribution < -0.4 is 4.74 Å². The normalized spacial score (nSPS) is 12.3. The lowest BCUT2D eigenvalue weighted by Gasteiger charge is -2.20. The number of carboxylic acids is 1. The number of nitrogens with zero attached hydrogens (tertiary/aromatic N) is 3. The molecule has 1 aromatic carbocycles. The zero-order chi connectivity index (χ0) is 18.7. The Morgan fingerprint density at radius 3 is 2.77 bits per heavy atom. The Morgan fingerprint density at radius 2 is 2.08 bits per heavy atom. The van der Waals surface area contributed by atoms with Crippen LogP contribution in [0.2, 0.25) is 0 Å². The number of methoxy groups -OCH3 is 1. The van der Waals surface area contributed by atoms with Gasteiger partial charge in [0.2, 0.25) is 0 Å². The number of aromatic carboxylic acids is 1. The molecular weight excluding hydrogens is 338 g/mol. The minimum atomic E-state index is -1.03. The molecule has 0 aromatic heterocycles. The first-order valence-electron chi connectivity index (χ1n) is 7.95. The number of hydrogen-bond donors (Lipinski definition) is 1. The van der Waals surface area contributed by atoms with Crippen LogP contribution in [-0.4, -0.2) is 39.8 Å². The number of benzene rings is 1. The van der Waals surface area contributed by atoms with Gasteiger partial charge < -0.3 is 14.4 Å². The first kappa shape index (κ1) is 17.8. The average Bonchev–Trinajstić information content (AvgIpc) is 3.08. The number of ether oxygens (including phenoxy) is 1. The summed E-state index contributed by atoms with van der Waals surface area (Å²) < 4.78 is 7.19. The van der Waals surface area contributed by atoms with E-state index in [4.69, 9.17) is 9.62 Å². The SMILES string of the molecule is COOCc1nc2cccn(C(C)c3ccc(C(=O)O)c(OC)c3)c-2n1. The Labute approximate surface area is 150 Å². The second-order valence-electron chi connectivity index (χ2n) is 5.63. The van der Waals surface area contributed by atoms with Crippen molar-refractivity contribution in [3.8, 4) is 17.3 Å². The fraction of sp³-hybridized carbons (Fsp3) is 0.278. The second kappa shape index (κ2) is 7.51. The molecule has 0 saturated heterocycles. The largest absolute Gasteiger partial charge is 0.496 e. The molecule has 8 nitrogen and oxygen atoms in total. The highest BCUT2D eigenvalue weighted by Crippen LogP contribution is 2.29. The molecule has 0 bridgehead atoms. The van der Waals surface area contributed by atoms with E-state index in [0.717, 1.165) is 11.3 Å². The first-order chi connectivity index (χ1) is 12.5. The highest BCUT2D eigenvalue weighted by Gasteiger charge is 2.20. The Kier molecular flexibility index (Phi) is 5.15. The van der Waals surface area contributed by atoms with Crippen LogP contribution in [0.25, 0.3) is 11.5 Å². The van der Waals surface area contributed by atoms with Gasteiger partial charge in [-0.2, -0.15) is 0 Å². The van der Waals surface area contributed by atoms with Gasteiger partial charge in [-0.1, -0.05) is 6.07 Å². The van der Waals surface area contributed by atoms with E-state index in [2.05, 4.69) is 14.9 Å². The minimum Gasteiger partial charge on any atom is -0.496 e. The van der Waals surface area contributed by atoms with Crippen molar-refractivity contribution in [2.75, 3.05) is 14.2 Å². The van der Waals surface area contributed by atoms with Crippen molar-refractivity contribution in [2.45, 2.75) is 19.6 Å². The maximum Gasteiger partial charge on any atom is 0.339 e. The lowest BCUT2D eigenvalue weighted by Crippen LogP contribution is -2.11. The van der Waals surface area contributed by atoms with Gasteiger partial charge in [0.1, 0.15) is 23.6 Å². The number of carboxylic acid groups (broad SMARTS) is 1. The summed E-state index contributed by atoms with van der Waals surface area (Å²) in [6.45, 7) is 2.15. The lowest BCUT2D eigenvalue weighted by atomic mass is 10.0. The van der Waals surface area contributed by atoms with Gasteiger partial charge in [0.25, 0.3) is 0 Å². The monoisotopic (exact) mass is 357 g/mol. The van der Waals surface area contributed by atoms with E-state index in [9.17, 15) is 9.90 Å². The third kappa shape index (κ3) is 3.37. The third-order valence-corrected chi connectivity index (χ3v) is 4.12. The summed E-state index contributed by atoms with van der Waals surface area (Å²) >= 11 is 0. The van der Waals surface area contributed by atoms with Gasteiger partial charge in [-0.05, 0) is 36.8 Å². The lowest BCUT2D eigenvalue weighted by molar-refractivity contribution is -0.283. The Balaban J connectivity index is 1.98. The van der Waals surface area contributed by atoms with Crippen molar-refractivity contribution in [3.63, 3.8) is 0 Å². The second-order valence-corrected chi connectivity index (χ2v) is 5.63. The number of rotatable bonds is 7. The van der Waals surface area contributed by atoms with Crippen LogP contribution in [0.15, 0.2) is 36.5 Å². The standard InChI is InChI=1S/C18H19N3O5/c1-11(12-6-7-13(18(22)23)15(9-12)24-2)21-8-4-5-14-17(21)20-16(19-14)10-26-25-3/h4-9,11H,10H2,1-3H3,(H,22,23). The van der Waals surface area contributed by atoms with Crippen molar-refractivity contribution in [1.29, 1.82) is 0 Å². The molecule has 1 unspecified atom stereocenters. The minimum absolute atomic E-state index is 0.108. The van der Waals surface area contributed by atoms with Gasteiger partial charge >= 0.3 is 5.97 Å². The molecule has 0 amide bonds. The van der Waals surface area contributed by atoms with Crippen molar-refractivity contribution in [2.24, 2.45) is 0 Å². The van der Waals surface area contributed by atoms with E-state index in [1.807, 2.05) is 29.8 Å². The van der Waals surface area contributed by atoms with E-state index in [1.54, 1.807) is 18.2 Å². The molecule has 136 valence electrons. The fourth-order valence-corrected chi connectivity index (χ4v) is 2.79. The van der Waals surface area contributed by atoms with Crippen molar-refractivity contribution in [1.82, 2.24) is 14.5 Å². The van der Waals surface area contributed by atoms with Crippen LogP contribution in [0.5, 0.6) is 5.75 Å². The van der Waals surface area contributed by atoms with Crippen LogP contribution in [0.4, 0.5) is 0 Å². The number of aromatic nitrogens is 3. The molecule has 2 heterocycles. The first-order valence-corrected chi connectivity index (χ1v) is 7.95. The van der Waals surface area contributed by atoms with E-state index < -0.39 is 5.97 Å². The molecule has 1 N–H and O–H groups in total. The summed E-state index contributed by atoms with van der Waals surface area (Å²) in [5.74, 6) is 0.515. The molecule has 3 rings (SSSR count). The smallest absolute Gasteiger partial charge is 0.339 e. The summed E-state index contributed by atoms with van der Waals surface area (Å²) in [4.78, 5) is 29.7. The number of hydrogen-bond acceptors (Lipinski definition) is 6. The van der Waals surface area contributed by atoms with Crippen LogP contribution in [0.1, 0.15) is 34.7 Å². The zero-order valence-electron chi connectivity index (χ0n) is 14.7. The summed E-state index contributed by atoms with van der Waals surface area (Å²) in [7, 11) is 2.88. The van der Waals surface area contributed by atoms with E-state index in [1.165, 1.54) is 14.2 Å². The van der Waals surface area contributed by atoms with Gasteiger partial charge in [-0.25, -0.2) is 24.5 Å². The number of fused-ring (bicyclic) bond motifs is 1. The van der Waals surface area contributed by atoms with Gasteiger partial charge in [-0.3, -0.25) is 0 Å². The molecule has 0 radical (unpaired) electrons. The van der Waals surface area contributed by atoms with Crippen LogP contribution in [-0.2, 0) is 16.4 Å². The number of carbonyl (C=O) groups is 1. The molecule has 2 aliphatic heterocycles. The predicted molar refractivity (Wildman–Crippen MR) is 92.2 cm³/mol. The van der Waals surface area contributed by atoms with Gasteiger partial charge in [0.05, 0.1) is 20.3 Å². The molecule has 0 saturated carbocycles. The molecule has 8 heteroatoms. The summed E-state index contributed by atoms with van der Waals surface area (Å²) in [6.07, 6.45) is 1.90. The van der Waals surface area contributed by atoms with Gasteiger partial charge in [-0.15, -0.1) is 0 Å². The fourth-order valence-electron chi connectivity index (χ4n) is 2.79. The molecule has 1 atom stereocenters. The average molecular weight is 357 g/mol. The van der Waals surface area contributed by atoms with Crippen LogP contribution >= 0.6 is 0 Å².